The first kappa shape index (κ1) is 64.3. The Morgan fingerprint density at radius 1 is 0.733 bits per heavy atom. The lowest BCUT2D eigenvalue weighted by Crippen LogP contribution is -2.57. The molecule has 7 aromatic rings. The summed E-state index contributed by atoms with van der Waals surface area (Å²) in [4.78, 5) is 61.8. The van der Waals surface area contributed by atoms with Gasteiger partial charge in [0, 0.05) is 96.8 Å². The van der Waals surface area contributed by atoms with Gasteiger partial charge in [-0.05, 0) is 103 Å². The third-order valence-corrected chi connectivity index (χ3v) is 15.8. The van der Waals surface area contributed by atoms with Gasteiger partial charge in [0.1, 0.15) is 17.8 Å². The molecule has 3 amide bonds. The molecule has 17 nitrogen and oxygen atoms in total. The molecule has 0 bridgehead atoms. The Bertz CT molecular complexity index is 3390. The number of nitrogens with one attached hydrogen (secondary N) is 3. The van der Waals surface area contributed by atoms with Crippen molar-refractivity contribution in [2.45, 2.75) is 99.4 Å². The standard InChI is InChI=1S/C68H82N8O9S/c1-9-25-85-60-37-56(20-21-58(60)62-47(4)35-55(42-71-62)63-52(19-14-49-13-12-45(2)46(3)34-49)36-54(41-72-63)53-11-10-23-69-40-53)70-24-27-82-29-31-84-33-32-83-30-28-81-26-22-61(78)75-65(68(6,7)8)67(80)76-43-57(77)38-59(76)66(79)73-39-50-15-17-51(18-16-50)64-48(5)74-44-86-64/h10-21,23,34-37,40-42,44,57,59,65,70,77H,9,22,24-33,38-39,43H2,1-8H3,(H,73,79)(H,75,78)/b19-14+/t57-,59+,65-/m1/s1. The summed E-state index contributed by atoms with van der Waals surface area (Å²) in [5.74, 6) is -0.393. The zero-order chi connectivity index (χ0) is 61.0. The molecule has 1 aliphatic rings. The Kier molecular flexibility index (Phi) is 23.6. The highest BCUT2D eigenvalue weighted by Gasteiger charge is 2.44. The van der Waals surface area contributed by atoms with E-state index in [0.29, 0.717) is 52.8 Å². The fourth-order valence-corrected chi connectivity index (χ4v) is 10.8. The first-order valence-electron chi connectivity index (χ1n) is 29.6. The summed E-state index contributed by atoms with van der Waals surface area (Å²) in [6.07, 6.45) is 11.8. The highest BCUT2D eigenvalue weighted by Crippen LogP contribution is 2.37. The van der Waals surface area contributed by atoms with Crippen molar-refractivity contribution >= 4 is 46.9 Å². The van der Waals surface area contributed by atoms with Gasteiger partial charge in [-0.1, -0.05) is 88.4 Å². The molecule has 3 atom stereocenters. The summed E-state index contributed by atoms with van der Waals surface area (Å²) in [6, 6.07) is 26.9. The topological polar surface area (TPSA) is 208 Å². The van der Waals surface area contributed by atoms with Crippen molar-refractivity contribution in [3.8, 4) is 49.8 Å². The molecule has 1 fully saturated rings. The number of aliphatic hydroxyl groups is 1. The monoisotopic (exact) mass is 1190 g/mol. The van der Waals surface area contributed by atoms with Crippen LogP contribution >= 0.6 is 11.3 Å². The number of carbonyl (C=O) groups excluding carboxylic acids is 3. The maximum Gasteiger partial charge on any atom is 0.246 e. The second kappa shape index (κ2) is 31.6. The van der Waals surface area contributed by atoms with Gasteiger partial charge in [-0.15, -0.1) is 11.3 Å². The van der Waals surface area contributed by atoms with E-state index in [0.717, 1.165) is 89.9 Å². The zero-order valence-corrected chi connectivity index (χ0v) is 51.6. The minimum Gasteiger partial charge on any atom is -0.493 e. The summed E-state index contributed by atoms with van der Waals surface area (Å²) >= 11 is 1.58. The van der Waals surface area contributed by atoms with Gasteiger partial charge in [-0.25, -0.2) is 4.98 Å². The number of hydrogen-bond acceptors (Lipinski definition) is 15. The Labute approximate surface area is 510 Å². The van der Waals surface area contributed by atoms with E-state index >= 15 is 0 Å². The fraction of sp³-hybridized carbons (Fsp3) is 0.397. The van der Waals surface area contributed by atoms with Crippen molar-refractivity contribution in [1.82, 2.24) is 35.5 Å². The lowest BCUT2D eigenvalue weighted by molar-refractivity contribution is -0.144. The molecular formula is C68H82N8O9S. The van der Waals surface area contributed by atoms with Crippen LogP contribution in [-0.2, 0) is 39.9 Å². The second-order valence-corrected chi connectivity index (χ2v) is 23.5. The van der Waals surface area contributed by atoms with Crippen LogP contribution in [0.25, 0.3) is 56.2 Å². The predicted molar refractivity (Wildman–Crippen MR) is 340 cm³/mol. The Morgan fingerprint density at radius 3 is 2.13 bits per heavy atom. The molecule has 0 saturated carbocycles. The van der Waals surface area contributed by atoms with Crippen molar-refractivity contribution in [2.24, 2.45) is 5.41 Å². The third-order valence-electron chi connectivity index (χ3n) is 14.8. The molecule has 1 saturated heterocycles. The van der Waals surface area contributed by atoms with E-state index in [-0.39, 0.29) is 51.0 Å². The lowest BCUT2D eigenvalue weighted by Gasteiger charge is -2.35. The second-order valence-electron chi connectivity index (χ2n) is 22.6. The molecular weight excluding hydrogens is 1100 g/mol. The number of aromatic nitrogens is 4. The number of hydrogen-bond donors (Lipinski definition) is 4. The lowest BCUT2D eigenvalue weighted by atomic mass is 9.85. The van der Waals surface area contributed by atoms with Gasteiger partial charge in [0.05, 0.1) is 93.0 Å². The van der Waals surface area contributed by atoms with E-state index < -0.39 is 29.5 Å². The van der Waals surface area contributed by atoms with Gasteiger partial charge in [0.2, 0.25) is 17.7 Å². The number of likely N-dealkylation sites (tertiary alicyclic amines) is 1. The molecule has 86 heavy (non-hydrogen) atoms. The van der Waals surface area contributed by atoms with Crippen molar-refractivity contribution in [3.63, 3.8) is 0 Å². The van der Waals surface area contributed by atoms with Gasteiger partial charge in [-0.3, -0.25) is 29.3 Å². The molecule has 0 radical (unpaired) electrons. The van der Waals surface area contributed by atoms with Gasteiger partial charge in [-0.2, -0.15) is 0 Å². The minimum absolute atomic E-state index is 0.00553. The summed E-state index contributed by atoms with van der Waals surface area (Å²) in [6.45, 7) is 20.1. The van der Waals surface area contributed by atoms with E-state index in [1.165, 1.54) is 16.0 Å². The van der Waals surface area contributed by atoms with Crippen LogP contribution in [-0.4, -0.2) is 138 Å². The summed E-state index contributed by atoms with van der Waals surface area (Å²) in [5.41, 5.74) is 16.0. The summed E-state index contributed by atoms with van der Waals surface area (Å²) < 4.78 is 29.2. The van der Waals surface area contributed by atoms with Crippen LogP contribution in [0.1, 0.15) is 86.0 Å². The minimum atomic E-state index is -0.932. The first-order valence-corrected chi connectivity index (χ1v) is 30.4. The van der Waals surface area contributed by atoms with Crippen molar-refractivity contribution in [3.05, 3.63) is 154 Å². The van der Waals surface area contributed by atoms with Crippen molar-refractivity contribution < 1.29 is 43.2 Å². The summed E-state index contributed by atoms with van der Waals surface area (Å²) in [5, 5.41) is 19.9. The molecule has 0 aliphatic carbocycles. The van der Waals surface area contributed by atoms with Gasteiger partial charge >= 0.3 is 0 Å². The number of amides is 3. The van der Waals surface area contributed by atoms with Crippen LogP contribution in [0.15, 0.2) is 115 Å². The van der Waals surface area contributed by atoms with Crippen LogP contribution in [0.4, 0.5) is 5.69 Å². The highest BCUT2D eigenvalue weighted by molar-refractivity contribution is 7.13. The van der Waals surface area contributed by atoms with E-state index in [9.17, 15) is 19.5 Å². The molecule has 8 rings (SSSR count). The molecule has 3 aromatic carbocycles. The molecule has 1 aliphatic heterocycles. The Morgan fingerprint density at radius 2 is 1.45 bits per heavy atom. The number of nitrogens with zero attached hydrogens (tertiary/aromatic N) is 5. The van der Waals surface area contributed by atoms with E-state index in [4.69, 9.17) is 33.7 Å². The Balaban J connectivity index is 0.710. The molecule has 0 spiro atoms. The zero-order valence-electron chi connectivity index (χ0n) is 50.8. The number of aryl methyl sites for hydroxylation is 4. The number of anilines is 1. The third kappa shape index (κ3) is 18.2. The SMILES string of the molecule is CCCOc1cc(NCCOCCOCCOCCOCCC(=O)N[C@H](C(=O)N2C[C@H](O)C[C@H]2C(=O)NCc2ccc(-c3scnc3C)cc2)C(C)(C)C)ccc1-c1ncc(-c2ncc(-c3cccnc3)cc2/C=C/c2ccc(C)c(C)c2)cc1C. The molecule has 4 N–H and O–H groups in total. The number of benzene rings is 3. The van der Waals surface area contributed by atoms with Crippen molar-refractivity contribution in [2.75, 3.05) is 77.9 Å². The van der Waals surface area contributed by atoms with Crippen LogP contribution < -0.4 is 20.7 Å². The number of aliphatic hydroxyl groups excluding tert-OH is 1. The molecule has 0 unspecified atom stereocenters. The van der Waals surface area contributed by atoms with Crippen LogP contribution in [0, 0.1) is 33.1 Å². The quantitative estimate of drug-likeness (QED) is 0.0309. The average Bonchev–Trinajstić information content (AvgIpc) is 3.87. The van der Waals surface area contributed by atoms with Gasteiger partial charge in [0.15, 0.2) is 0 Å². The fourth-order valence-electron chi connectivity index (χ4n) is 9.95. The normalized spacial score (nSPS) is 14.6. The maximum atomic E-state index is 14.0. The first-order chi connectivity index (χ1) is 41.6. The number of β-amino-alcohol motifs (C(OH)–C–C–N with tert-alkyl or cyclic N) is 1. The highest BCUT2D eigenvalue weighted by atomic mass is 32.1. The molecule has 5 heterocycles. The van der Waals surface area contributed by atoms with E-state index in [2.05, 4.69) is 102 Å². The Hall–Kier alpha value is -7.71. The maximum absolute atomic E-state index is 14.0. The largest absolute Gasteiger partial charge is 0.493 e. The van der Waals surface area contributed by atoms with Crippen LogP contribution in [0.2, 0.25) is 0 Å². The van der Waals surface area contributed by atoms with Gasteiger partial charge < -0.3 is 49.6 Å². The van der Waals surface area contributed by atoms with E-state index in [1.54, 1.807) is 17.5 Å². The average molecular weight is 1190 g/mol. The number of ether oxygens (including phenoxy) is 5. The molecule has 4 aromatic heterocycles. The van der Waals surface area contributed by atoms with Crippen LogP contribution in [0.3, 0.4) is 0 Å². The summed E-state index contributed by atoms with van der Waals surface area (Å²) in [7, 11) is 0. The molecule has 454 valence electrons. The van der Waals surface area contributed by atoms with Gasteiger partial charge in [0.25, 0.3) is 0 Å². The number of rotatable bonds is 30. The number of thiazole rings is 1. The van der Waals surface area contributed by atoms with Crippen molar-refractivity contribution in [1.29, 1.82) is 0 Å². The van der Waals surface area contributed by atoms with E-state index in [1.807, 2.05) is 100 Å². The smallest absolute Gasteiger partial charge is 0.246 e. The molecule has 18 heteroatoms. The van der Waals surface area contributed by atoms with Crippen LogP contribution in [0.5, 0.6) is 5.75 Å². The number of pyridine rings is 3. The predicted octanol–water partition coefficient (Wildman–Crippen LogP) is 10.9. The number of carbonyl (C=O) groups is 3.